The number of anilines is 1. The Bertz CT molecular complexity index is 1140. The molecule has 8 heteroatoms. The molecular weight excluding hydrogens is 447 g/mol. The van der Waals surface area contributed by atoms with Crippen molar-refractivity contribution in [1.29, 1.82) is 0 Å². The Morgan fingerprint density at radius 3 is 2.49 bits per heavy atom. The largest absolute Gasteiger partial charge is 0.496 e. The molecular formula is C27H33FN4O3. The van der Waals surface area contributed by atoms with Crippen LogP contribution in [0.2, 0.25) is 0 Å². The van der Waals surface area contributed by atoms with E-state index in [2.05, 4.69) is 28.9 Å². The molecule has 1 aliphatic heterocycles. The van der Waals surface area contributed by atoms with Crippen LogP contribution in [0, 0.1) is 5.82 Å². The molecule has 0 aliphatic carbocycles. The van der Waals surface area contributed by atoms with Gasteiger partial charge in [-0.15, -0.1) is 0 Å². The van der Waals surface area contributed by atoms with Crippen LogP contribution in [-0.4, -0.2) is 67.2 Å². The highest BCUT2D eigenvalue weighted by Crippen LogP contribution is 2.34. The van der Waals surface area contributed by atoms with Crippen molar-refractivity contribution >= 4 is 11.8 Å². The minimum atomic E-state index is -0.314. The van der Waals surface area contributed by atoms with Gasteiger partial charge in [-0.05, 0) is 56.8 Å². The van der Waals surface area contributed by atoms with Crippen molar-refractivity contribution in [2.24, 2.45) is 0 Å². The van der Waals surface area contributed by atoms with Gasteiger partial charge in [0, 0.05) is 37.8 Å². The third-order valence-electron chi connectivity index (χ3n) is 6.73. The maximum absolute atomic E-state index is 13.8. The van der Waals surface area contributed by atoms with Crippen LogP contribution in [0.25, 0.3) is 11.3 Å². The van der Waals surface area contributed by atoms with E-state index in [1.807, 2.05) is 24.0 Å². The number of carbonyl (C=O) groups is 1. The highest BCUT2D eigenvalue weighted by molar-refractivity contribution is 5.97. The molecule has 2 aromatic carbocycles. The van der Waals surface area contributed by atoms with E-state index in [1.54, 1.807) is 31.4 Å². The zero-order valence-electron chi connectivity index (χ0n) is 20.8. The van der Waals surface area contributed by atoms with Crippen LogP contribution in [0.5, 0.6) is 5.75 Å². The summed E-state index contributed by atoms with van der Waals surface area (Å²) in [6, 6.07) is 13.4. The molecule has 0 N–H and O–H groups in total. The molecule has 0 radical (unpaired) electrons. The summed E-state index contributed by atoms with van der Waals surface area (Å²) in [5, 5.41) is 4.40. The molecule has 35 heavy (non-hydrogen) atoms. The van der Waals surface area contributed by atoms with E-state index in [0.29, 0.717) is 29.4 Å². The molecule has 4 rings (SSSR count). The monoisotopic (exact) mass is 480 g/mol. The molecule has 186 valence electrons. The maximum Gasteiger partial charge on any atom is 0.258 e. The number of aromatic nitrogens is 1. The summed E-state index contributed by atoms with van der Waals surface area (Å²) in [6.45, 7) is 7.81. The smallest absolute Gasteiger partial charge is 0.258 e. The van der Waals surface area contributed by atoms with Gasteiger partial charge < -0.3 is 24.0 Å². The molecule has 7 nitrogen and oxygen atoms in total. The summed E-state index contributed by atoms with van der Waals surface area (Å²) in [4.78, 5) is 20.1. The number of methoxy groups -OCH3 is 1. The van der Waals surface area contributed by atoms with E-state index in [9.17, 15) is 9.18 Å². The number of benzene rings is 2. The van der Waals surface area contributed by atoms with Crippen LogP contribution >= 0.6 is 0 Å². The van der Waals surface area contributed by atoms with Crippen molar-refractivity contribution in [1.82, 2.24) is 15.0 Å². The van der Waals surface area contributed by atoms with Gasteiger partial charge in [-0.25, -0.2) is 4.39 Å². The van der Waals surface area contributed by atoms with Gasteiger partial charge >= 0.3 is 0 Å². The Hall–Kier alpha value is -3.39. The number of hydrogen-bond donors (Lipinski definition) is 0. The molecule has 1 saturated heterocycles. The summed E-state index contributed by atoms with van der Waals surface area (Å²) in [5.41, 5.74) is 2.71. The minimum absolute atomic E-state index is 0.0382. The average molecular weight is 481 g/mol. The fourth-order valence-corrected chi connectivity index (χ4v) is 4.33. The Kier molecular flexibility index (Phi) is 7.70. The van der Waals surface area contributed by atoms with Gasteiger partial charge in [0.25, 0.3) is 5.91 Å². The Morgan fingerprint density at radius 2 is 1.83 bits per heavy atom. The molecule has 2 heterocycles. The summed E-state index contributed by atoms with van der Waals surface area (Å²) in [7, 11) is 3.66. The van der Waals surface area contributed by atoms with E-state index < -0.39 is 0 Å². The topological polar surface area (TPSA) is 62.1 Å². The van der Waals surface area contributed by atoms with Gasteiger partial charge in [0.1, 0.15) is 17.3 Å². The normalized spacial score (nSPS) is 15.2. The second-order valence-corrected chi connectivity index (χ2v) is 9.00. The fraction of sp³-hybridized carbons (Fsp3) is 0.407. The number of likely N-dealkylation sites (N-methyl/N-ethyl adjacent to an activating group) is 1. The van der Waals surface area contributed by atoms with Crippen LogP contribution in [0.4, 0.5) is 10.3 Å². The lowest BCUT2D eigenvalue weighted by Crippen LogP contribution is -2.45. The van der Waals surface area contributed by atoms with Gasteiger partial charge in [0.2, 0.25) is 5.88 Å². The number of carbonyl (C=O) groups excluding carboxylic acids is 1. The molecule has 1 atom stereocenters. The molecule has 1 fully saturated rings. The van der Waals surface area contributed by atoms with Gasteiger partial charge in [-0.1, -0.05) is 24.2 Å². The molecule has 1 amide bonds. The van der Waals surface area contributed by atoms with Crippen LogP contribution < -0.4 is 9.64 Å². The number of hydrogen-bond acceptors (Lipinski definition) is 6. The lowest BCUT2D eigenvalue weighted by atomic mass is 10.0. The first-order chi connectivity index (χ1) is 16.9. The number of ether oxygens (including phenoxy) is 1. The van der Waals surface area contributed by atoms with Crippen molar-refractivity contribution < 1.29 is 18.4 Å². The van der Waals surface area contributed by atoms with Gasteiger partial charge in [0.15, 0.2) is 0 Å². The van der Waals surface area contributed by atoms with Crippen LogP contribution in [0.1, 0.15) is 36.2 Å². The Labute approximate surface area is 206 Å². The minimum Gasteiger partial charge on any atom is -0.496 e. The third-order valence-corrected chi connectivity index (χ3v) is 6.73. The zero-order valence-corrected chi connectivity index (χ0v) is 20.8. The van der Waals surface area contributed by atoms with Crippen molar-refractivity contribution in [3.8, 4) is 17.0 Å². The molecule has 0 bridgehead atoms. The summed E-state index contributed by atoms with van der Waals surface area (Å²) >= 11 is 0. The first kappa shape index (κ1) is 24.7. The number of halogens is 1. The van der Waals surface area contributed by atoms with Gasteiger partial charge in [-0.3, -0.25) is 4.79 Å². The maximum atomic E-state index is 13.8. The molecule has 1 aromatic heterocycles. The highest BCUT2D eigenvalue weighted by atomic mass is 19.1. The van der Waals surface area contributed by atoms with Crippen LogP contribution in [0.15, 0.2) is 53.1 Å². The van der Waals surface area contributed by atoms with Crippen LogP contribution in [0.3, 0.4) is 0 Å². The first-order valence-electron chi connectivity index (χ1n) is 12.0. The van der Waals surface area contributed by atoms with E-state index in [0.717, 1.165) is 43.7 Å². The number of para-hydroxylation sites is 1. The standard InChI is InChI=1S/C27H33FN4O3/c1-5-19(2)32(26(33)22-8-6-7-9-24(22)34-4)18-23-25(20-10-12-21(28)13-11-20)29-35-27(23)31-16-14-30(3)15-17-31/h6-13,19H,5,14-18H2,1-4H3. The van der Waals surface area contributed by atoms with E-state index in [1.165, 1.54) is 12.1 Å². The van der Waals surface area contributed by atoms with Gasteiger partial charge in [-0.2, -0.15) is 0 Å². The van der Waals surface area contributed by atoms with Crippen LogP contribution in [-0.2, 0) is 6.54 Å². The van der Waals surface area contributed by atoms with E-state index in [4.69, 9.17) is 9.26 Å². The lowest BCUT2D eigenvalue weighted by Gasteiger charge is -2.34. The molecule has 3 aromatic rings. The predicted octanol–water partition coefficient (Wildman–Crippen LogP) is 4.68. The van der Waals surface area contributed by atoms with Crippen molar-refractivity contribution in [2.45, 2.75) is 32.9 Å². The number of amides is 1. The van der Waals surface area contributed by atoms with Crippen molar-refractivity contribution in [3.05, 3.63) is 65.5 Å². The van der Waals surface area contributed by atoms with E-state index in [-0.39, 0.29) is 17.8 Å². The third kappa shape index (κ3) is 5.32. The average Bonchev–Trinajstić information content (AvgIpc) is 3.30. The molecule has 1 unspecified atom stereocenters. The van der Waals surface area contributed by atoms with Crippen molar-refractivity contribution in [2.75, 3.05) is 45.2 Å². The summed E-state index contributed by atoms with van der Waals surface area (Å²) in [5.74, 6) is 0.769. The molecule has 1 aliphatic rings. The lowest BCUT2D eigenvalue weighted by molar-refractivity contribution is 0.0668. The molecule has 0 spiro atoms. The quantitative estimate of drug-likeness (QED) is 0.467. The van der Waals surface area contributed by atoms with E-state index >= 15 is 0 Å². The summed E-state index contributed by atoms with van der Waals surface area (Å²) in [6.07, 6.45) is 0.780. The predicted molar refractivity (Wildman–Crippen MR) is 134 cm³/mol. The Morgan fingerprint density at radius 1 is 1.14 bits per heavy atom. The molecule has 0 saturated carbocycles. The highest BCUT2D eigenvalue weighted by Gasteiger charge is 2.30. The second-order valence-electron chi connectivity index (χ2n) is 9.00. The van der Waals surface area contributed by atoms with Gasteiger partial charge in [0.05, 0.1) is 24.8 Å². The Balaban J connectivity index is 1.76. The number of piperazine rings is 1. The second kappa shape index (κ2) is 10.9. The SMILES string of the molecule is CCC(C)N(Cc1c(-c2ccc(F)cc2)noc1N1CCN(C)CC1)C(=O)c1ccccc1OC. The van der Waals surface area contributed by atoms with Crippen molar-refractivity contribution in [3.63, 3.8) is 0 Å². The number of rotatable bonds is 8. The number of nitrogens with zero attached hydrogens (tertiary/aromatic N) is 4. The fourth-order valence-electron chi connectivity index (χ4n) is 4.33. The summed E-state index contributed by atoms with van der Waals surface area (Å²) < 4.78 is 25.0. The first-order valence-corrected chi connectivity index (χ1v) is 12.0. The zero-order chi connectivity index (χ0) is 24.9.